The maximum absolute atomic E-state index is 12.5. The predicted molar refractivity (Wildman–Crippen MR) is 91.4 cm³/mol. The van der Waals surface area contributed by atoms with Crippen LogP contribution in [0.3, 0.4) is 0 Å². The van der Waals surface area contributed by atoms with E-state index in [2.05, 4.69) is 17.4 Å². The smallest absolute Gasteiger partial charge is 0.317 e. The van der Waals surface area contributed by atoms with Gasteiger partial charge >= 0.3 is 6.03 Å². The van der Waals surface area contributed by atoms with Crippen molar-refractivity contribution in [1.82, 2.24) is 10.2 Å². The molecule has 1 N–H and O–H groups in total. The summed E-state index contributed by atoms with van der Waals surface area (Å²) in [6.07, 6.45) is 7.04. The topological polar surface area (TPSA) is 41.6 Å². The van der Waals surface area contributed by atoms with Crippen molar-refractivity contribution in [3.05, 3.63) is 35.9 Å². The molecular formula is C19H28N2O2. The van der Waals surface area contributed by atoms with E-state index in [1.54, 1.807) is 0 Å². The van der Waals surface area contributed by atoms with Gasteiger partial charge in [0.05, 0.1) is 6.10 Å². The summed E-state index contributed by atoms with van der Waals surface area (Å²) < 4.78 is 5.71. The number of hydrogen-bond acceptors (Lipinski definition) is 2. The lowest BCUT2D eigenvalue weighted by Gasteiger charge is -2.43. The summed E-state index contributed by atoms with van der Waals surface area (Å²) in [4.78, 5) is 14.5. The molecule has 0 unspecified atom stereocenters. The van der Waals surface area contributed by atoms with Gasteiger partial charge in [-0.05, 0) is 37.7 Å². The third kappa shape index (κ3) is 3.69. The largest absolute Gasteiger partial charge is 0.381 e. The molecule has 1 aliphatic carbocycles. The lowest BCUT2D eigenvalue weighted by molar-refractivity contribution is -0.0255. The number of piperidine rings is 1. The number of ether oxygens (including phenoxy) is 1. The molecule has 4 nitrogen and oxygen atoms in total. The van der Waals surface area contributed by atoms with Crippen LogP contribution in [0.25, 0.3) is 0 Å². The number of urea groups is 1. The molecule has 1 aliphatic heterocycles. The van der Waals surface area contributed by atoms with E-state index < -0.39 is 0 Å². The molecule has 23 heavy (non-hydrogen) atoms. The van der Waals surface area contributed by atoms with Gasteiger partial charge in [-0.2, -0.15) is 0 Å². The molecule has 2 fully saturated rings. The first-order chi connectivity index (χ1) is 11.2. The molecule has 1 spiro atoms. The zero-order valence-corrected chi connectivity index (χ0v) is 14.1. The first kappa shape index (κ1) is 16.3. The Hall–Kier alpha value is -1.55. The lowest BCUT2D eigenvalue weighted by atomic mass is 9.76. The van der Waals surface area contributed by atoms with Crippen molar-refractivity contribution in [2.75, 3.05) is 26.7 Å². The molecule has 2 atom stereocenters. The highest BCUT2D eigenvalue weighted by Crippen LogP contribution is 2.46. The van der Waals surface area contributed by atoms with Gasteiger partial charge in [0, 0.05) is 32.2 Å². The number of carbonyl (C=O) groups excluding carboxylic acids is 1. The number of likely N-dealkylation sites (tertiary alicyclic amines) is 1. The molecule has 0 aromatic heterocycles. The number of hydrogen-bond donors (Lipinski definition) is 1. The number of rotatable bonds is 4. The van der Waals surface area contributed by atoms with Crippen molar-refractivity contribution in [2.45, 2.75) is 44.6 Å². The van der Waals surface area contributed by atoms with Gasteiger partial charge in [-0.1, -0.05) is 36.8 Å². The minimum Gasteiger partial charge on any atom is -0.381 e. The van der Waals surface area contributed by atoms with E-state index >= 15 is 0 Å². The second-order valence-corrected chi connectivity index (χ2v) is 6.97. The zero-order chi connectivity index (χ0) is 16.1. The third-order valence-electron chi connectivity index (χ3n) is 5.54. The average molecular weight is 316 g/mol. The Morgan fingerprint density at radius 1 is 1.30 bits per heavy atom. The highest BCUT2D eigenvalue weighted by Gasteiger charge is 2.46. The molecule has 0 bridgehead atoms. The van der Waals surface area contributed by atoms with Crippen LogP contribution in [-0.4, -0.2) is 43.8 Å². The van der Waals surface area contributed by atoms with Gasteiger partial charge in [0.2, 0.25) is 0 Å². The molecule has 0 radical (unpaired) electrons. The van der Waals surface area contributed by atoms with Crippen molar-refractivity contribution in [1.29, 1.82) is 0 Å². The van der Waals surface area contributed by atoms with Gasteiger partial charge in [-0.15, -0.1) is 0 Å². The van der Waals surface area contributed by atoms with Crippen LogP contribution in [0.1, 0.15) is 37.7 Å². The predicted octanol–water partition coefficient (Wildman–Crippen LogP) is 3.22. The Morgan fingerprint density at radius 2 is 2.09 bits per heavy atom. The lowest BCUT2D eigenvalue weighted by Crippen LogP contribution is -2.52. The fourth-order valence-electron chi connectivity index (χ4n) is 4.35. The summed E-state index contributed by atoms with van der Waals surface area (Å²) in [5.74, 6) is 0. The van der Waals surface area contributed by atoms with E-state index in [9.17, 15) is 4.79 Å². The Balaban J connectivity index is 1.51. The average Bonchev–Trinajstić information content (AvgIpc) is 2.97. The minimum atomic E-state index is 0.0850. The van der Waals surface area contributed by atoms with Gasteiger partial charge in [0.1, 0.15) is 0 Å². The summed E-state index contributed by atoms with van der Waals surface area (Å²) in [7, 11) is 1.82. The number of amides is 2. The summed E-state index contributed by atoms with van der Waals surface area (Å²) in [5.41, 5.74) is 1.46. The first-order valence-electron chi connectivity index (χ1n) is 8.83. The standard InChI is InChI=1S/C19H28N2O2/c1-23-17-9-5-11-19(17)12-6-14-21(15-19)18(22)20-13-10-16-7-3-2-4-8-16/h2-4,7-8,17H,5-6,9-15H2,1H3,(H,20,22)/t17-,19+/m1/s1. The first-order valence-corrected chi connectivity index (χ1v) is 8.83. The molecule has 1 heterocycles. The molecular weight excluding hydrogens is 288 g/mol. The summed E-state index contributed by atoms with van der Waals surface area (Å²) in [5, 5.41) is 3.09. The fraction of sp³-hybridized carbons (Fsp3) is 0.632. The maximum atomic E-state index is 12.5. The van der Waals surface area contributed by atoms with Crippen LogP contribution >= 0.6 is 0 Å². The molecule has 4 heteroatoms. The van der Waals surface area contributed by atoms with Gasteiger partial charge < -0.3 is 15.0 Å². The van der Waals surface area contributed by atoms with Crippen molar-refractivity contribution >= 4 is 6.03 Å². The van der Waals surface area contributed by atoms with Gasteiger partial charge in [-0.25, -0.2) is 4.79 Å². The summed E-state index contributed by atoms with van der Waals surface area (Å²) >= 11 is 0. The van der Waals surface area contributed by atoms with E-state index in [1.807, 2.05) is 30.2 Å². The van der Waals surface area contributed by atoms with E-state index in [4.69, 9.17) is 4.74 Å². The Morgan fingerprint density at radius 3 is 2.87 bits per heavy atom. The van der Waals surface area contributed by atoms with Crippen LogP contribution in [0.15, 0.2) is 30.3 Å². The van der Waals surface area contributed by atoms with E-state index in [0.717, 1.165) is 32.4 Å². The van der Waals surface area contributed by atoms with Crippen LogP contribution in [0, 0.1) is 5.41 Å². The Kier molecular flexibility index (Phi) is 5.21. The number of nitrogens with one attached hydrogen (secondary N) is 1. The van der Waals surface area contributed by atoms with Crippen molar-refractivity contribution in [3.63, 3.8) is 0 Å². The molecule has 1 saturated carbocycles. The quantitative estimate of drug-likeness (QED) is 0.926. The molecule has 3 rings (SSSR count). The SMILES string of the molecule is CO[C@@H]1CCC[C@@]12CCCN(C(=O)NCCc1ccccc1)C2. The fourth-order valence-corrected chi connectivity index (χ4v) is 4.35. The molecule has 2 aliphatic rings. The second-order valence-electron chi connectivity index (χ2n) is 6.97. The van der Waals surface area contributed by atoms with Crippen molar-refractivity contribution in [3.8, 4) is 0 Å². The van der Waals surface area contributed by atoms with E-state index in [1.165, 1.54) is 24.8 Å². The van der Waals surface area contributed by atoms with Gasteiger partial charge in [-0.3, -0.25) is 0 Å². The van der Waals surface area contributed by atoms with Crippen LogP contribution < -0.4 is 5.32 Å². The Labute approximate surface area is 139 Å². The molecule has 126 valence electrons. The molecule has 2 amide bonds. The molecule has 1 aromatic rings. The number of methoxy groups -OCH3 is 1. The maximum Gasteiger partial charge on any atom is 0.317 e. The van der Waals surface area contributed by atoms with Crippen LogP contribution in [0.2, 0.25) is 0 Å². The molecule has 1 aromatic carbocycles. The molecule has 1 saturated heterocycles. The monoisotopic (exact) mass is 316 g/mol. The summed E-state index contributed by atoms with van der Waals surface area (Å²) in [6, 6.07) is 10.4. The zero-order valence-electron chi connectivity index (χ0n) is 14.1. The highest BCUT2D eigenvalue weighted by molar-refractivity contribution is 5.74. The van der Waals surface area contributed by atoms with Gasteiger partial charge in [0.25, 0.3) is 0 Å². The van der Waals surface area contributed by atoms with Gasteiger partial charge in [0.15, 0.2) is 0 Å². The van der Waals surface area contributed by atoms with Crippen LogP contribution in [0.4, 0.5) is 4.79 Å². The highest BCUT2D eigenvalue weighted by atomic mass is 16.5. The number of benzene rings is 1. The summed E-state index contributed by atoms with van der Waals surface area (Å²) in [6.45, 7) is 2.41. The normalized spacial score (nSPS) is 27.3. The number of carbonyl (C=O) groups is 1. The second kappa shape index (κ2) is 7.35. The van der Waals surface area contributed by atoms with E-state index in [-0.39, 0.29) is 11.4 Å². The number of nitrogens with zero attached hydrogens (tertiary/aromatic N) is 1. The van der Waals surface area contributed by atoms with E-state index in [0.29, 0.717) is 12.6 Å². The Bertz CT molecular complexity index is 519. The van der Waals surface area contributed by atoms with Crippen molar-refractivity contribution < 1.29 is 9.53 Å². The van der Waals surface area contributed by atoms with Crippen molar-refractivity contribution in [2.24, 2.45) is 5.41 Å². The van der Waals surface area contributed by atoms with Crippen LogP contribution in [0.5, 0.6) is 0 Å². The minimum absolute atomic E-state index is 0.0850. The third-order valence-corrected chi connectivity index (χ3v) is 5.54. The van der Waals surface area contributed by atoms with Crippen LogP contribution in [-0.2, 0) is 11.2 Å².